The lowest BCUT2D eigenvalue weighted by atomic mass is 9.73. The first-order chi connectivity index (χ1) is 13.1. The summed E-state index contributed by atoms with van der Waals surface area (Å²) in [5, 5.41) is 2.76. The van der Waals surface area contributed by atoms with E-state index in [0.717, 1.165) is 15.6 Å². The van der Waals surface area contributed by atoms with Crippen LogP contribution >= 0.6 is 15.9 Å². The van der Waals surface area contributed by atoms with Crippen molar-refractivity contribution in [3.05, 3.63) is 70.2 Å². The average Bonchev–Trinajstić information content (AvgIpc) is 2.72. The van der Waals surface area contributed by atoms with Gasteiger partial charge in [-0.3, -0.25) is 9.59 Å². The van der Waals surface area contributed by atoms with Crippen LogP contribution in [0.2, 0.25) is 0 Å². The summed E-state index contributed by atoms with van der Waals surface area (Å²) in [5.74, 6) is -0.616. The molecule has 1 heterocycles. The Balaban J connectivity index is 1.61. The number of hydrogen-bond acceptors (Lipinski definition) is 4. The minimum absolute atomic E-state index is 0.148. The van der Waals surface area contributed by atoms with E-state index < -0.39 is 11.4 Å². The first-order valence-electron chi connectivity index (χ1n) is 8.92. The van der Waals surface area contributed by atoms with Crippen LogP contribution in [-0.2, 0) is 31.1 Å². The molecule has 27 heavy (non-hydrogen) atoms. The van der Waals surface area contributed by atoms with Gasteiger partial charge in [-0.1, -0.05) is 58.4 Å². The maximum Gasteiger partial charge on any atom is 0.325 e. The molecule has 1 saturated heterocycles. The highest BCUT2D eigenvalue weighted by atomic mass is 79.9. The fraction of sp³-hybridized carbons (Fsp3) is 0.333. The number of amides is 1. The normalized spacial score (nSPS) is 15.7. The first kappa shape index (κ1) is 19.6. The molecule has 0 atom stereocenters. The Labute approximate surface area is 167 Å². The predicted octanol–water partition coefficient (Wildman–Crippen LogP) is 3.36. The fourth-order valence-electron chi connectivity index (χ4n) is 3.25. The molecule has 1 aliphatic heterocycles. The minimum atomic E-state index is -0.682. The monoisotopic (exact) mass is 431 g/mol. The summed E-state index contributed by atoms with van der Waals surface area (Å²) in [6.07, 6.45) is 1.17. The molecular formula is C21H22BrNO4. The van der Waals surface area contributed by atoms with Crippen molar-refractivity contribution in [2.45, 2.75) is 24.9 Å². The van der Waals surface area contributed by atoms with E-state index in [9.17, 15) is 9.59 Å². The molecule has 1 amide bonds. The number of hydrogen-bond donors (Lipinski definition) is 1. The minimum Gasteiger partial charge on any atom is -0.460 e. The molecule has 0 aliphatic carbocycles. The van der Waals surface area contributed by atoms with E-state index in [1.807, 2.05) is 54.6 Å². The van der Waals surface area contributed by atoms with Crippen LogP contribution in [0.15, 0.2) is 59.1 Å². The van der Waals surface area contributed by atoms with Crippen LogP contribution in [0.5, 0.6) is 0 Å². The second-order valence-corrected chi connectivity index (χ2v) is 7.45. The molecule has 0 spiro atoms. The molecule has 5 nitrogen and oxygen atoms in total. The summed E-state index contributed by atoms with van der Waals surface area (Å²) in [4.78, 5) is 25.0. The van der Waals surface area contributed by atoms with Crippen molar-refractivity contribution >= 4 is 27.8 Å². The van der Waals surface area contributed by atoms with E-state index >= 15 is 0 Å². The highest BCUT2D eigenvalue weighted by Gasteiger charge is 2.41. The van der Waals surface area contributed by atoms with E-state index in [0.29, 0.717) is 26.1 Å². The Bertz CT molecular complexity index is 771. The van der Waals surface area contributed by atoms with E-state index in [-0.39, 0.29) is 19.1 Å². The molecule has 2 aromatic rings. The lowest BCUT2D eigenvalue weighted by Gasteiger charge is -2.36. The van der Waals surface area contributed by atoms with Crippen LogP contribution < -0.4 is 5.32 Å². The van der Waals surface area contributed by atoms with E-state index in [1.54, 1.807) is 0 Å². The van der Waals surface area contributed by atoms with Gasteiger partial charge in [0.25, 0.3) is 0 Å². The molecule has 142 valence electrons. The van der Waals surface area contributed by atoms with E-state index in [1.165, 1.54) is 0 Å². The Kier molecular flexibility index (Phi) is 6.63. The second-order valence-electron chi connectivity index (χ2n) is 6.53. The smallest absolute Gasteiger partial charge is 0.325 e. The van der Waals surface area contributed by atoms with Crippen LogP contribution in [0.25, 0.3) is 0 Å². The van der Waals surface area contributed by atoms with Gasteiger partial charge in [0, 0.05) is 17.7 Å². The van der Waals surface area contributed by atoms with Gasteiger partial charge in [0.1, 0.15) is 13.2 Å². The Hall–Kier alpha value is -2.18. The zero-order valence-electron chi connectivity index (χ0n) is 14.9. The zero-order valence-corrected chi connectivity index (χ0v) is 16.5. The number of esters is 1. The molecule has 0 radical (unpaired) electrons. The van der Waals surface area contributed by atoms with Gasteiger partial charge in [-0.05, 0) is 36.1 Å². The van der Waals surface area contributed by atoms with Crippen LogP contribution in [0.1, 0.15) is 24.0 Å². The van der Waals surface area contributed by atoms with Crippen LogP contribution in [0.4, 0.5) is 0 Å². The zero-order chi connectivity index (χ0) is 19.1. The van der Waals surface area contributed by atoms with Gasteiger partial charge in [-0.2, -0.15) is 0 Å². The molecule has 1 aliphatic rings. The van der Waals surface area contributed by atoms with Crippen molar-refractivity contribution in [1.29, 1.82) is 0 Å². The molecule has 2 aromatic carbocycles. The van der Waals surface area contributed by atoms with Crippen molar-refractivity contribution in [2.24, 2.45) is 0 Å². The van der Waals surface area contributed by atoms with Crippen molar-refractivity contribution in [3.8, 4) is 0 Å². The number of rotatable bonds is 6. The second kappa shape index (κ2) is 9.15. The van der Waals surface area contributed by atoms with Crippen molar-refractivity contribution in [1.82, 2.24) is 5.32 Å². The van der Waals surface area contributed by atoms with Crippen molar-refractivity contribution < 1.29 is 19.1 Å². The maximum absolute atomic E-state index is 13.0. The van der Waals surface area contributed by atoms with Crippen molar-refractivity contribution in [2.75, 3.05) is 19.8 Å². The summed E-state index contributed by atoms with van der Waals surface area (Å²) >= 11 is 3.42. The fourth-order valence-corrected chi connectivity index (χ4v) is 3.51. The van der Waals surface area contributed by atoms with Crippen molar-refractivity contribution in [3.63, 3.8) is 0 Å². The predicted molar refractivity (Wildman–Crippen MR) is 105 cm³/mol. The number of ether oxygens (including phenoxy) is 2. The topological polar surface area (TPSA) is 64.6 Å². The maximum atomic E-state index is 13.0. The van der Waals surface area contributed by atoms with Gasteiger partial charge in [-0.25, -0.2) is 0 Å². The average molecular weight is 432 g/mol. The Morgan fingerprint density at radius 2 is 1.70 bits per heavy atom. The number of halogens is 1. The summed E-state index contributed by atoms with van der Waals surface area (Å²) in [6, 6.07) is 17.2. The van der Waals surface area contributed by atoms with Crippen LogP contribution in [-0.4, -0.2) is 31.6 Å². The lowest BCUT2D eigenvalue weighted by molar-refractivity contribution is -0.146. The summed E-state index contributed by atoms with van der Waals surface area (Å²) in [6.45, 7) is 1.08. The number of benzene rings is 2. The van der Waals surface area contributed by atoms with Gasteiger partial charge in [0.05, 0.1) is 5.41 Å². The quantitative estimate of drug-likeness (QED) is 0.712. The molecule has 0 saturated carbocycles. The summed E-state index contributed by atoms with van der Waals surface area (Å²) in [7, 11) is 0. The SMILES string of the molecule is O=C(CNC(=O)C1(c2ccc(Br)cc2)CCOCC1)OCc1ccccc1. The lowest BCUT2D eigenvalue weighted by Crippen LogP contribution is -2.49. The molecule has 0 unspecified atom stereocenters. The van der Waals surface area contributed by atoms with Crippen LogP contribution in [0, 0.1) is 0 Å². The summed E-state index contributed by atoms with van der Waals surface area (Å²) < 4.78 is 11.6. The molecule has 3 rings (SSSR count). The van der Waals surface area contributed by atoms with E-state index in [2.05, 4.69) is 21.2 Å². The van der Waals surface area contributed by atoms with Crippen LogP contribution in [0.3, 0.4) is 0 Å². The third kappa shape index (κ3) is 4.96. The van der Waals surface area contributed by atoms with Gasteiger partial charge in [0.15, 0.2) is 0 Å². The molecule has 0 bridgehead atoms. The van der Waals surface area contributed by atoms with E-state index in [4.69, 9.17) is 9.47 Å². The van der Waals surface area contributed by atoms with Gasteiger partial charge >= 0.3 is 5.97 Å². The summed E-state index contributed by atoms with van der Waals surface area (Å²) in [5.41, 5.74) is 1.16. The molecule has 1 N–H and O–H groups in total. The third-order valence-corrected chi connectivity index (χ3v) is 5.34. The largest absolute Gasteiger partial charge is 0.460 e. The Morgan fingerprint density at radius 3 is 2.37 bits per heavy atom. The number of nitrogens with one attached hydrogen (secondary N) is 1. The van der Waals surface area contributed by atoms with Gasteiger partial charge in [-0.15, -0.1) is 0 Å². The number of carbonyl (C=O) groups is 2. The number of carbonyl (C=O) groups excluding carboxylic acids is 2. The molecule has 6 heteroatoms. The highest BCUT2D eigenvalue weighted by molar-refractivity contribution is 9.10. The molecule has 1 fully saturated rings. The Morgan fingerprint density at radius 1 is 1.04 bits per heavy atom. The molecule has 0 aromatic heterocycles. The standard InChI is InChI=1S/C21H22BrNO4/c22-18-8-6-17(7-9-18)21(10-12-26-13-11-21)20(25)23-14-19(24)27-15-16-4-2-1-3-5-16/h1-9H,10-15H2,(H,23,25). The highest BCUT2D eigenvalue weighted by Crippen LogP contribution is 2.35. The van der Waals surface area contributed by atoms with Gasteiger partial charge < -0.3 is 14.8 Å². The van der Waals surface area contributed by atoms with Gasteiger partial charge in [0.2, 0.25) is 5.91 Å². The third-order valence-electron chi connectivity index (χ3n) is 4.81. The molecular weight excluding hydrogens is 410 g/mol. The first-order valence-corrected chi connectivity index (χ1v) is 9.71.